The summed E-state index contributed by atoms with van der Waals surface area (Å²) in [5.74, 6) is 0. The molecule has 2 rings (SSSR count). The van der Waals surface area contributed by atoms with Crippen LogP contribution in [0.4, 0.5) is 0 Å². The summed E-state index contributed by atoms with van der Waals surface area (Å²) in [5, 5.41) is 2.35. The van der Waals surface area contributed by atoms with Crippen molar-refractivity contribution in [3.8, 4) is 0 Å². The van der Waals surface area contributed by atoms with Crippen molar-refractivity contribution in [3.05, 3.63) is 48.6 Å². The molecule has 21 heavy (non-hydrogen) atoms. The summed E-state index contributed by atoms with van der Waals surface area (Å²) in [7, 11) is 1.78. The number of rotatable bonds is 7. The van der Waals surface area contributed by atoms with E-state index >= 15 is 0 Å². The number of nitrogens with one attached hydrogen (secondary N) is 1. The third kappa shape index (κ3) is 3.94. The summed E-state index contributed by atoms with van der Waals surface area (Å²) < 4.78 is 5.35. The Bertz CT molecular complexity index is 444. The molecule has 0 aromatic heterocycles. The number of ether oxygens (including phenoxy) is 1. The maximum Gasteiger partial charge on any atom is 0.0632 e. The molecule has 1 aromatic rings. The fourth-order valence-corrected chi connectivity index (χ4v) is 2.97. The third-order valence-electron chi connectivity index (χ3n) is 4.43. The maximum absolute atomic E-state index is 5.35. The first-order valence-corrected chi connectivity index (χ1v) is 7.79. The molecule has 0 spiro atoms. The fraction of sp³-hybridized carbons (Fsp3) is 0.556. The Morgan fingerprint density at radius 3 is 2.76 bits per heavy atom. The van der Waals surface area contributed by atoms with Crippen LogP contribution in [0, 0.1) is 5.41 Å². The lowest BCUT2D eigenvalue weighted by Gasteiger charge is -2.38. The summed E-state index contributed by atoms with van der Waals surface area (Å²) in [4.78, 5) is 0. The smallest absolute Gasteiger partial charge is 0.0632 e. The molecule has 0 radical (unpaired) electrons. The minimum absolute atomic E-state index is 0.0262. The van der Waals surface area contributed by atoms with Gasteiger partial charge in [0.1, 0.15) is 0 Å². The maximum atomic E-state index is 5.35. The summed E-state index contributed by atoms with van der Waals surface area (Å²) in [6, 6.07) is 11.3. The van der Waals surface area contributed by atoms with Gasteiger partial charge in [-0.1, -0.05) is 50.3 Å². The molecule has 1 aliphatic rings. The fourth-order valence-electron chi connectivity index (χ4n) is 2.97. The number of benzene rings is 1. The van der Waals surface area contributed by atoms with Crippen LogP contribution in [0.5, 0.6) is 0 Å². The van der Waals surface area contributed by atoms with Gasteiger partial charge in [0.25, 0.3) is 0 Å². The van der Waals surface area contributed by atoms with E-state index in [9.17, 15) is 0 Å². The van der Waals surface area contributed by atoms with Gasteiger partial charge in [-0.2, -0.15) is 0 Å². The van der Waals surface area contributed by atoms with E-state index in [4.69, 9.17) is 4.74 Å². The molecule has 1 saturated heterocycles. The van der Waals surface area contributed by atoms with Crippen LogP contribution in [0.2, 0.25) is 0 Å². The van der Waals surface area contributed by atoms with E-state index in [1.54, 1.807) is 7.11 Å². The second kappa shape index (κ2) is 7.21. The Hall–Kier alpha value is -1.16. The van der Waals surface area contributed by atoms with Crippen molar-refractivity contribution < 1.29 is 4.74 Å². The summed E-state index contributed by atoms with van der Waals surface area (Å²) >= 11 is 0. The Morgan fingerprint density at radius 1 is 1.43 bits per heavy atom. The zero-order valence-electron chi connectivity index (χ0n) is 13.5. The van der Waals surface area contributed by atoms with Crippen molar-refractivity contribution in [3.63, 3.8) is 0 Å². The quantitative estimate of drug-likeness (QED) is 0.777. The van der Waals surface area contributed by atoms with E-state index in [1.807, 2.05) is 6.08 Å². The molecule has 1 unspecified atom stereocenters. The highest BCUT2D eigenvalue weighted by molar-refractivity contribution is 5.22. The zero-order valence-corrected chi connectivity index (χ0v) is 13.5. The Balaban J connectivity index is 2.19. The Morgan fingerprint density at radius 2 is 2.14 bits per heavy atom. The number of hydrogen-bond donors (Lipinski definition) is 1. The SMILES string of the molecule is C=CC(C)(C)C(NN1CCC[C@H]1COC)c1ccccc1. The molecule has 1 aliphatic heterocycles. The van der Waals surface area contributed by atoms with E-state index in [2.05, 4.69) is 61.2 Å². The third-order valence-corrected chi connectivity index (χ3v) is 4.43. The first kappa shape index (κ1) is 16.2. The van der Waals surface area contributed by atoms with E-state index in [1.165, 1.54) is 18.4 Å². The van der Waals surface area contributed by atoms with Crippen molar-refractivity contribution >= 4 is 0 Å². The van der Waals surface area contributed by atoms with Crippen LogP contribution in [0.3, 0.4) is 0 Å². The minimum Gasteiger partial charge on any atom is -0.383 e. The van der Waals surface area contributed by atoms with Crippen LogP contribution in [-0.4, -0.2) is 31.3 Å². The van der Waals surface area contributed by atoms with Crippen LogP contribution >= 0.6 is 0 Å². The van der Waals surface area contributed by atoms with Crippen LogP contribution in [0.25, 0.3) is 0 Å². The largest absolute Gasteiger partial charge is 0.383 e. The summed E-state index contributed by atoms with van der Waals surface area (Å²) in [5.41, 5.74) is 5.01. The number of hydrogen-bond acceptors (Lipinski definition) is 3. The first-order valence-electron chi connectivity index (χ1n) is 7.79. The predicted molar refractivity (Wildman–Crippen MR) is 87.9 cm³/mol. The Kier molecular flexibility index (Phi) is 5.57. The van der Waals surface area contributed by atoms with Gasteiger partial charge in [0.2, 0.25) is 0 Å². The molecule has 3 nitrogen and oxygen atoms in total. The molecule has 0 bridgehead atoms. The van der Waals surface area contributed by atoms with Crippen LogP contribution in [-0.2, 0) is 4.74 Å². The molecule has 0 saturated carbocycles. The van der Waals surface area contributed by atoms with E-state index in [0.717, 1.165) is 13.2 Å². The molecular weight excluding hydrogens is 260 g/mol. The highest BCUT2D eigenvalue weighted by Gasteiger charge is 2.33. The molecule has 1 fully saturated rings. The topological polar surface area (TPSA) is 24.5 Å². The van der Waals surface area contributed by atoms with E-state index < -0.39 is 0 Å². The molecule has 116 valence electrons. The average molecular weight is 288 g/mol. The lowest BCUT2D eigenvalue weighted by atomic mass is 9.81. The monoisotopic (exact) mass is 288 g/mol. The van der Waals surface area contributed by atoms with Gasteiger partial charge in [0.15, 0.2) is 0 Å². The van der Waals surface area contributed by atoms with Crippen LogP contribution < -0.4 is 5.43 Å². The average Bonchev–Trinajstić information content (AvgIpc) is 2.93. The standard InChI is InChI=1S/C18H28N2O/c1-5-18(2,3)17(15-10-7-6-8-11-15)19-20-13-9-12-16(20)14-21-4/h5-8,10-11,16-17,19H,1,9,12-14H2,2-4H3/t16-,17?/m0/s1. The molecule has 0 aliphatic carbocycles. The molecule has 0 amide bonds. The minimum atomic E-state index is -0.0262. The number of hydrazine groups is 1. The van der Waals surface area contributed by atoms with Crippen molar-refractivity contribution in [2.24, 2.45) is 5.41 Å². The lowest BCUT2D eigenvalue weighted by Crippen LogP contribution is -2.48. The van der Waals surface area contributed by atoms with Gasteiger partial charge in [-0.25, -0.2) is 10.4 Å². The normalized spacial score (nSPS) is 21.4. The highest BCUT2D eigenvalue weighted by Crippen LogP contribution is 2.35. The predicted octanol–water partition coefficient (Wildman–Crippen LogP) is 3.56. The van der Waals surface area contributed by atoms with E-state index in [0.29, 0.717) is 6.04 Å². The molecule has 1 heterocycles. The molecule has 2 atom stereocenters. The molecule has 3 heteroatoms. The van der Waals surface area contributed by atoms with Gasteiger partial charge in [-0.15, -0.1) is 6.58 Å². The van der Waals surface area contributed by atoms with Gasteiger partial charge in [-0.3, -0.25) is 0 Å². The van der Waals surface area contributed by atoms with Crippen LogP contribution in [0.15, 0.2) is 43.0 Å². The van der Waals surface area contributed by atoms with Crippen molar-refractivity contribution in [2.75, 3.05) is 20.3 Å². The first-order chi connectivity index (χ1) is 10.1. The number of nitrogens with zero attached hydrogens (tertiary/aromatic N) is 1. The zero-order chi connectivity index (χ0) is 15.3. The molecule has 1 aromatic carbocycles. The molecular formula is C18H28N2O. The van der Waals surface area contributed by atoms with Crippen LogP contribution in [0.1, 0.15) is 38.3 Å². The van der Waals surface area contributed by atoms with Crippen molar-refractivity contribution in [1.82, 2.24) is 10.4 Å². The highest BCUT2D eigenvalue weighted by atomic mass is 16.5. The summed E-state index contributed by atoms with van der Waals surface area (Å²) in [6.07, 6.45) is 4.45. The van der Waals surface area contributed by atoms with Gasteiger partial charge < -0.3 is 4.74 Å². The van der Waals surface area contributed by atoms with Gasteiger partial charge >= 0.3 is 0 Å². The second-order valence-corrected chi connectivity index (χ2v) is 6.44. The molecule has 1 N–H and O–H groups in total. The number of methoxy groups -OCH3 is 1. The van der Waals surface area contributed by atoms with Gasteiger partial charge in [-0.05, 0) is 18.4 Å². The second-order valence-electron chi connectivity index (χ2n) is 6.44. The van der Waals surface area contributed by atoms with E-state index in [-0.39, 0.29) is 11.5 Å². The lowest BCUT2D eigenvalue weighted by molar-refractivity contribution is 0.0543. The summed E-state index contributed by atoms with van der Waals surface area (Å²) in [6.45, 7) is 10.3. The van der Waals surface area contributed by atoms with Crippen molar-refractivity contribution in [1.29, 1.82) is 0 Å². The van der Waals surface area contributed by atoms with Crippen molar-refractivity contribution in [2.45, 2.75) is 38.8 Å². The van der Waals surface area contributed by atoms with Gasteiger partial charge in [0, 0.05) is 25.1 Å². The Labute approximate surface area is 129 Å². The van der Waals surface area contributed by atoms with Gasteiger partial charge in [0.05, 0.1) is 12.6 Å².